The molecule has 0 bridgehead atoms. The Hall–Kier alpha value is -2.86. The number of carbonyl (C=O) groups excluding carboxylic acids is 1. The van der Waals surface area contributed by atoms with Crippen molar-refractivity contribution >= 4 is 17.6 Å². The number of fused-ring (bicyclic) bond motifs is 1. The fourth-order valence-electron chi connectivity index (χ4n) is 3.61. The Labute approximate surface area is 173 Å². The van der Waals surface area contributed by atoms with Gasteiger partial charge in [0.15, 0.2) is 5.96 Å². The number of hydrogen-bond donors (Lipinski definition) is 3. The van der Waals surface area contributed by atoms with Crippen molar-refractivity contribution < 1.29 is 4.79 Å². The maximum absolute atomic E-state index is 12.0. The van der Waals surface area contributed by atoms with E-state index in [2.05, 4.69) is 72.2 Å². The third-order valence-corrected chi connectivity index (χ3v) is 4.88. The van der Waals surface area contributed by atoms with Crippen molar-refractivity contribution in [1.29, 1.82) is 0 Å². The van der Waals surface area contributed by atoms with Crippen molar-refractivity contribution in [3.63, 3.8) is 0 Å². The topological polar surface area (TPSA) is 68.8 Å². The average molecular weight is 394 g/mol. The molecule has 0 saturated carbocycles. The minimum absolute atomic E-state index is 0.0650. The van der Waals surface area contributed by atoms with Gasteiger partial charge < -0.3 is 20.9 Å². The third kappa shape index (κ3) is 6.06. The Morgan fingerprint density at radius 3 is 2.72 bits per heavy atom. The standard InChI is InChI=1S/C23H31N5O/c1-4-24-23(25-14-17-8-7-9-18(12-17)16-28(2)3)26-15-19-13-22(29)27-21-11-6-5-10-20(19)21/h5-12,19H,4,13-16H2,1-3H3,(H,27,29)(H2,24,25,26). The summed E-state index contributed by atoms with van der Waals surface area (Å²) in [5.41, 5.74) is 4.55. The SMILES string of the molecule is CCNC(=NCc1cccc(CN(C)C)c1)NCC1CC(=O)Nc2ccccc21. The number of nitrogens with one attached hydrogen (secondary N) is 3. The first-order chi connectivity index (χ1) is 14.0. The third-order valence-electron chi connectivity index (χ3n) is 4.88. The first kappa shape index (κ1) is 20.9. The Balaban J connectivity index is 1.65. The normalized spacial score (nSPS) is 16.3. The van der Waals surface area contributed by atoms with E-state index in [0.717, 1.165) is 24.7 Å². The molecule has 0 aliphatic carbocycles. The quantitative estimate of drug-likeness (QED) is 0.500. The molecule has 6 heteroatoms. The number of benzene rings is 2. The Morgan fingerprint density at radius 2 is 1.93 bits per heavy atom. The molecule has 1 atom stereocenters. The van der Waals surface area contributed by atoms with Crippen molar-refractivity contribution in [3.05, 3.63) is 65.2 Å². The van der Waals surface area contributed by atoms with Crippen LogP contribution in [0.5, 0.6) is 0 Å². The molecule has 1 amide bonds. The van der Waals surface area contributed by atoms with Gasteiger partial charge in [0.2, 0.25) is 5.91 Å². The molecule has 1 aliphatic heterocycles. The molecular formula is C23H31N5O. The molecule has 0 spiro atoms. The number of carbonyl (C=O) groups is 1. The lowest BCUT2D eigenvalue weighted by atomic mass is 9.90. The first-order valence-electron chi connectivity index (χ1n) is 10.2. The molecule has 6 nitrogen and oxygen atoms in total. The van der Waals surface area contributed by atoms with E-state index >= 15 is 0 Å². The summed E-state index contributed by atoms with van der Waals surface area (Å²) in [6.07, 6.45) is 0.482. The van der Waals surface area contributed by atoms with Gasteiger partial charge in [-0.05, 0) is 43.8 Å². The molecule has 0 aromatic heterocycles. The van der Waals surface area contributed by atoms with Crippen molar-refractivity contribution in [2.75, 3.05) is 32.5 Å². The zero-order chi connectivity index (χ0) is 20.6. The van der Waals surface area contributed by atoms with Crippen LogP contribution in [0.2, 0.25) is 0 Å². The number of hydrogen-bond acceptors (Lipinski definition) is 3. The van der Waals surface area contributed by atoms with E-state index in [9.17, 15) is 4.79 Å². The number of guanidine groups is 1. The highest BCUT2D eigenvalue weighted by molar-refractivity contribution is 5.94. The van der Waals surface area contributed by atoms with Gasteiger partial charge in [0.1, 0.15) is 0 Å². The van der Waals surface area contributed by atoms with Crippen LogP contribution in [-0.2, 0) is 17.9 Å². The lowest BCUT2D eigenvalue weighted by Gasteiger charge is -2.26. The molecule has 1 heterocycles. The van der Waals surface area contributed by atoms with Crippen LogP contribution in [0.4, 0.5) is 5.69 Å². The molecule has 3 rings (SSSR count). The summed E-state index contributed by atoms with van der Waals surface area (Å²) in [4.78, 5) is 18.9. The summed E-state index contributed by atoms with van der Waals surface area (Å²) in [6, 6.07) is 16.5. The average Bonchev–Trinajstić information content (AvgIpc) is 2.69. The van der Waals surface area contributed by atoms with Crippen molar-refractivity contribution in [3.8, 4) is 0 Å². The van der Waals surface area contributed by atoms with Crippen LogP contribution in [0.1, 0.15) is 36.0 Å². The van der Waals surface area contributed by atoms with Crippen LogP contribution >= 0.6 is 0 Å². The number of nitrogens with zero attached hydrogens (tertiary/aromatic N) is 2. The summed E-state index contributed by atoms with van der Waals surface area (Å²) in [6.45, 7) is 5.03. The van der Waals surface area contributed by atoms with Gasteiger partial charge in [-0.25, -0.2) is 4.99 Å². The Morgan fingerprint density at radius 1 is 1.14 bits per heavy atom. The molecule has 0 fully saturated rings. The predicted molar refractivity (Wildman–Crippen MR) is 119 cm³/mol. The minimum Gasteiger partial charge on any atom is -0.357 e. The Bertz CT molecular complexity index is 862. The largest absolute Gasteiger partial charge is 0.357 e. The second kappa shape index (κ2) is 10.1. The fraction of sp³-hybridized carbons (Fsp3) is 0.391. The van der Waals surface area contributed by atoms with E-state index in [1.165, 1.54) is 16.7 Å². The number of para-hydroxylation sites is 1. The molecule has 29 heavy (non-hydrogen) atoms. The minimum atomic E-state index is 0.0650. The van der Waals surface area contributed by atoms with E-state index < -0.39 is 0 Å². The monoisotopic (exact) mass is 393 g/mol. The highest BCUT2D eigenvalue weighted by Crippen LogP contribution is 2.31. The zero-order valence-corrected chi connectivity index (χ0v) is 17.5. The lowest BCUT2D eigenvalue weighted by Crippen LogP contribution is -2.40. The smallest absolute Gasteiger partial charge is 0.225 e. The summed E-state index contributed by atoms with van der Waals surface area (Å²) in [5, 5.41) is 9.68. The molecule has 0 saturated heterocycles. The fourth-order valence-corrected chi connectivity index (χ4v) is 3.61. The summed E-state index contributed by atoms with van der Waals surface area (Å²) < 4.78 is 0. The maximum atomic E-state index is 12.0. The van der Waals surface area contributed by atoms with Crippen molar-refractivity contribution in [2.45, 2.75) is 32.4 Å². The van der Waals surface area contributed by atoms with Crippen LogP contribution in [-0.4, -0.2) is 44.0 Å². The van der Waals surface area contributed by atoms with Gasteiger partial charge >= 0.3 is 0 Å². The molecule has 2 aromatic rings. The lowest BCUT2D eigenvalue weighted by molar-refractivity contribution is -0.116. The first-order valence-corrected chi connectivity index (χ1v) is 10.2. The summed E-state index contributed by atoms with van der Waals surface area (Å²) in [5.74, 6) is 0.969. The van der Waals surface area contributed by atoms with E-state index in [1.54, 1.807) is 0 Å². The molecule has 1 unspecified atom stereocenters. The van der Waals surface area contributed by atoms with E-state index in [-0.39, 0.29) is 11.8 Å². The van der Waals surface area contributed by atoms with Crippen LogP contribution < -0.4 is 16.0 Å². The van der Waals surface area contributed by atoms with Gasteiger partial charge in [-0.1, -0.05) is 42.5 Å². The van der Waals surface area contributed by atoms with Crippen LogP contribution in [0.15, 0.2) is 53.5 Å². The second-order valence-corrected chi connectivity index (χ2v) is 7.67. The molecule has 3 N–H and O–H groups in total. The molecule has 1 aliphatic rings. The zero-order valence-electron chi connectivity index (χ0n) is 17.5. The molecule has 2 aromatic carbocycles. The highest BCUT2D eigenvalue weighted by Gasteiger charge is 2.24. The summed E-state index contributed by atoms with van der Waals surface area (Å²) >= 11 is 0. The highest BCUT2D eigenvalue weighted by atomic mass is 16.1. The second-order valence-electron chi connectivity index (χ2n) is 7.67. The molecule has 154 valence electrons. The predicted octanol–water partition coefficient (Wildman–Crippen LogP) is 2.93. The molecule has 0 radical (unpaired) electrons. The summed E-state index contributed by atoms with van der Waals surface area (Å²) in [7, 11) is 4.14. The van der Waals surface area contributed by atoms with Gasteiger partial charge in [-0.3, -0.25) is 4.79 Å². The molecular weight excluding hydrogens is 362 g/mol. The van der Waals surface area contributed by atoms with Crippen LogP contribution in [0.25, 0.3) is 0 Å². The van der Waals surface area contributed by atoms with E-state index in [0.29, 0.717) is 19.5 Å². The van der Waals surface area contributed by atoms with Gasteiger partial charge in [-0.15, -0.1) is 0 Å². The number of aliphatic imine (C=N–C) groups is 1. The van der Waals surface area contributed by atoms with Crippen LogP contribution in [0.3, 0.4) is 0 Å². The Kier molecular flexibility index (Phi) is 7.25. The van der Waals surface area contributed by atoms with Crippen molar-refractivity contribution in [1.82, 2.24) is 15.5 Å². The van der Waals surface area contributed by atoms with Gasteiger partial charge in [0, 0.05) is 37.7 Å². The van der Waals surface area contributed by atoms with Gasteiger partial charge in [-0.2, -0.15) is 0 Å². The van der Waals surface area contributed by atoms with Gasteiger partial charge in [0.25, 0.3) is 0 Å². The maximum Gasteiger partial charge on any atom is 0.225 e. The number of anilines is 1. The van der Waals surface area contributed by atoms with E-state index in [1.807, 2.05) is 18.2 Å². The number of amides is 1. The van der Waals surface area contributed by atoms with Crippen molar-refractivity contribution in [2.24, 2.45) is 4.99 Å². The van der Waals surface area contributed by atoms with Gasteiger partial charge in [0.05, 0.1) is 6.54 Å². The van der Waals surface area contributed by atoms with Crippen LogP contribution in [0, 0.1) is 0 Å². The van der Waals surface area contributed by atoms with E-state index in [4.69, 9.17) is 4.99 Å². The number of rotatable bonds is 7.